The van der Waals surface area contributed by atoms with Gasteiger partial charge in [-0.05, 0) is 24.4 Å². The Balaban J connectivity index is 2.36. The van der Waals surface area contributed by atoms with E-state index >= 15 is 4.39 Å². The number of nitrogens with zero attached hydrogens (tertiary/aromatic N) is 1. The number of ether oxygens (including phenoxy) is 1. The molecule has 34 heavy (non-hydrogen) atoms. The Bertz CT molecular complexity index is 1270. The summed E-state index contributed by atoms with van der Waals surface area (Å²) in [6, 6.07) is 0. The first kappa shape index (κ1) is 29.0. The van der Waals surface area contributed by atoms with E-state index in [0.717, 1.165) is 6.92 Å². The standard InChI is InChI=1S/C12H14ClF2N2O14P3/c1-5(29-33(24,25)31-34(26,27)30-32(21,22)23)7-8(18)12(15,2-3-13)10(28-7)17-4-6(14)9(19)16-11(17)20/h4-5,7-8,10,18H,1H3,(H,24,25)(H,26,27)(H,16,19,20)(H2,21,22,23)/t5-,7-,8+,10-,12?/m1/s1. The number of halogens is 3. The molecule has 0 saturated carbocycles. The smallest absolute Gasteiger partial charge is 0.386 e. The average molecular weight is 577 g/mol. The normalized spacial score (nSPS) is 29.5. The topological polar surface area (TPSA) is 244 Å². The number of rotatable bonds is 8. The first-order valence-corrected chi connectivity index (χ1v) is 13.2. The average Bonchev–Trinajstić information content (AvgIpc) is 2.86. The third-order valence-corrected chi connectivity index (χ3v) is 8.00. The number of alkyl halides is 1. The minimum Gasteiger partial charge on any atom is -0.386 e. The summed E-state index contributed by atoms with van der Waals surface area (Å²) in [5, 5.41) is 12.0. The van der Waals surface area contributed by atoms with Gasteiger partial charge in [0.2, 0.25) is 11.5 Å². The Kier molecular flexibility index (Phi) is 8.51. The number of phosphoric ester groups is 1. The molecule has 6 N–H and O–H groups in total. The minimum atomic E-state index is -5.89. The number of H-pyrrole nitrogens is 1. The van der Waals surface area contributed by atoms with E-state index in [0.29, 0.717) is 0 Å². The number of hydrogen-bond donors (Lipinski definition) is 6. The summed E-state index contributed by atoms with van der Waals surface area (Å²) < 4.78 is 80.0. The molecule has 0 spiro atoms. The molecule has 16 nitrogen and oxygen atoms in total. The molecular weight excluding hydrogens is 563 g/mol. The predicted octanol–water partition coefficient (Wildman–Crippen LogP) is -0.426. The molecule has 1 aromatic heterocycles. The fraction of sp³-hybridized carbons (Fsp3) is 0.500. The molecule has 7 atom stereocenters. The van der Waals surface area contributed by atoms with Gasteiger partial charge in [-0.1, -0.05) is 0 Å². The van der Waals surface area contributed by atoms with Crippen LogP contribution in [-0.4, -0.2) is 58.2 Å². The first-order chi connectivity index (χ1) is 15.3. The summed E-state index contributed by atoms with van der Waals surface area (Å²) in [7, 11) is -17.3. The highest BCUT2D eigenvalue weighted by Crippen LogP contribution is 2.66. The van der Waals surface area contributed by atoms with Crippen molar-refractivity contribution in [1.29, 1.82) is 0 Å². The van der Waals surface area contributed by atoms with Crippen LogP contribution in [0.2, 0.25) is 0 Å². The fourth-order valence-electron chi connectivity index (χ4n) is 2.75. The molecule has 1 aliphatic heterocycles. The second kappa shape index (κ2) is 10.00. The molecule has 0 aliphatic carbocycles. The maximum Gasteiger partial charge on any atom is 0.490 e. The monoisotopic (exact) mass is 576 g/mol. The molecular formula is C12H14ClF2N2O14P3. The molecule has 1 aliphatic rings. The maximum atomic E-state index is 15.6. The maximum absolute atomic E-state index is 15.6. The van der Waals surface area contributed by atoms with Crippen molar-refractivity contribution < 1.29 is 65.0 Å². The zero-order valence-corrected chi connectivity index (χ0v) is 19.7. The number of aromatic amines is 1. The second-order valence-electron chi connectivity index (χ2n) is 6.43. The highest BCUT2D eigenvalue weighted by atomic mass is 35.5. The molecule has 1 aromatic rings. The van der Waals surface area contributed by atoms with E-state index in [2.05, 4.69) is 13.1 Å². The van der Waals surface area contributed by atoms with Crippen molar-refractivity contribution >= 4 is 35.1 Å². The third-order valence-electron chi connectivity index (χ3n) is 3.98. The largest absolute Gasteiger partial charge is 0.490 e. The van der Waals surface area contributed by atoms with E-state index in [9.17, 15) is 37.7 Å². The second-order valence-corrected chi connectivity index (χ2v) is 11.0. The lowest BCUT2D eigenvalue weighted by atomic mass is 9.95. The lowest BCUT2D eigenvalue weighted by molar-refractivity contribution is -0.0783. The number of phosphoric acid groups is 3. The zero-order chi connectivity index (χ0) is 26.3. The summed E-state index contributed by atoms with van der Waals surface area (Å²) in [5.41, 5.74) is -6.19. The molecule has 1 saturated heterocycles. The van der Waals surface area contributed by atoms with Gasteiger partial charge in [0.05, 0.1) is 12.3 Å². The van der Waals surface area contributed by atoms with Crippen LogP contribution in [0.3, 0.4) is 0 Å². The van der Waals surface area contributed by atoms with Crippen LogP contribution in [0.4, 0.5) is 8.78 Å². The summed E-state index contributed by atoms with van der Waals surface area (Å²) in [5.74, 6) is 0.116. The molecule has 2 rings (SSSR count). The van der Waals surface area contributed by atoms with Crippen LogP contribution < -0.4 is 11.2 Å². The van der Waals surface area contributed by atoms with Crippen molar-refractivity contribution in [2.24, 2.45) is 0 Å². The number of nitrogens with one attached hydrogen (secondary N) is 1. The van der Waals surface area contributed by atoms with E-state index in [4.69, 9.17) is 31.0 Å². The Morgan fingerprint density at radius 1 is 1.24 bits per heavy atom. The van der Waals surface area contributed by atoms with Gasteiger partial charge in [-0.2, -0.15) is 13.0 Å². The molecule has 0 aromatic carbocycles. The Hall–Kier alpha value is -1.28. The van der Waals surface area contributed by atoms with Crippen LogP contribution in [0.25, 0.3) is 0 Å². The molecule has 192 valence electrons. The lowest BCUT2D eigenvalue weighted by Crippen LogP contribution is -2.46. The molecule has 22 heteroatoms. The quantitative estimate of drug-likeness (QED) is 0.170. The van der Waals surface area contributed by atoms with Gasteiger partial charge in [-0.15, -0.1) is 0 Å². The van der Waals surface area contributed by atoms with Gasteiger partial charge in [0, 0.05) is 5.38 Å². The van der Waals surface area contributed by atoms with Crippen LogP contribution in [0.5, 0.6) is 0 Å². The first-order valence-electron chi connectivity index (χ1n) is 8.30. The molecule has 0 bridgehead atoms. The molecule has 3 unspecified atom stereocenters. The summed E-state index contributed by atoms with van der Waals surface area (Å²) in [6.07, 6.45) is -8.55. The van der Waals surface area contributed by atoms with E-state index < -0.39 is 70.7 Å². The van der Waals surface area contributed by atoms with Crippen LogP contribution >= 0.6 is 35.1 Å². The number of aromatic nitrogens is 2. The van der Waals surface area contributed by atoms with Gasteiger partial charge in [0.1, 0.15) is 12.2 Å². The lowest BCUT2D eigenvalue weighted by Gasteiger charge is -2.25. The minimum absolute atomic E-state index is 0.152. The fourth-order valence-corrected chi connectivity index (χ4v) is 6.10. The van der Waals surface area contributed by atoms with Crippen molar-refractivity contribution in [3.05, 3.63) is 32.9 Å². The van der Waals surface area contributed by atoms with Gasteiger partial charge in [0.15, 0.2) is 6.23 Å². The van der Waals surface area contributed by atoms with E-state index in [1.165, 1.54) is 4.98 Å². The predicted molar refractivity (Wildman–Crippen MR) is 103 cm³/mol. The Morgan fingerprint density at radius 2 is 1.82 bits per heavy atom. The highest BCUT2D eigenvalue weighted by Gasteiger charge is 2.60. The van der Waals surface area contributed by atoms with E-state index in [1.807, 2.05) is 0 Å². The van der Waals surface area contributed by atoms with Crippen molar-refractivity contribution in [1.82, 2.24) is 9.55 Å². The van der Waals surface area contributed by atoms with Gasteiger partial charge in [-0.3, -0.25) is 18.9 Å². The van der Waals surface area contributed by atoms with Crippen LogP contribution in [0.1, 0.15) is 13.2 Å². The van der Waals surface area contributed by atoms with Crippen LogP contribution in [-0.2, 0) is 31.6 Å². The van der Waals surface area contributed by atoms with E-state index in [1.54, 1.807) is 11.3 Å². The molecule has 0 amide bonds. The summed E-state index contributed by atoms with van der Waals surface area (Å²) in [6.45, 7) is 0.833. The summed E-state index contributed by atoms with van der Waals surface area (Å²) in [4.78, 5) is 60.5. The van der Waals surface area contributed by atoms with Crippen molar-refractivity contribution in [2.75, 3.05) is 0 Å². The molecule has 2 heterocycles. The highest BCUT2D eigenvalue weighted by molar-refractivity contribution is 7.66. The van der Waals surface area contributed by atoms with Crippen molar-refractivity contribution in [3.63, 3.8) is 0 Å². The van der Waals surface area contributed by atoms with Crippen LogP contribution in [0, 0.1) is 17.1 Å². The Morgan fingerprint density at radius 3 is 2.35 bits per heavy atom. The zero-order valence-electron chi connectivity index (χ0n) is 16.2. The van der Waals surface area contributed by atoms with Gasteiger partial charge < -0.3 is 29.4 Å². The van der Waals surface area contributed by atoms with Crippen LogP contribution in [0.15, 0.2) is 15.8 Å². The summed E-state index contributed by atoms with van der Waals surface area (Å²) >= 11 is 5.19. The van der Waals surface area contributed by atoms with Gasteiger partial charge >= 0.3 is 29.2 Å². The number of hydrogen-bond acceptors (Lipinski definition) is 10. The van der Waals surface area contributed by atoms with Crippen molar-refractivity contribution in [3.8, 4) is 11.3 Å². The van der Waals surface area contributed by atoms with Crippen molar-refractivity contribution in [2.45, 2.75) is 37.1 Å². The van der Waals surface area contributed by atoms with Gasteiger partial charge in [0.25, 0.3) is 5.56 Å². The molecule has 1 fully saturated rings. The number of aliphatic hydroxyl groups is 1. The van der Waals surface area contributed by atoms with E-state index in [-0.39, 0.29) is 10.8 Å². The number of aliphatic hydroxyl groups excluding tert-OH is 1. The van der Waals surface area contributed by atoms with Gasteiger partial charge in [-0.25, -0.2) is 22.9 Å². The molecule has 0 radical (unpaired) electrons. The third kappa shape index (κ3) is 6.68. The SMILES string of the molecule is C[C@@H](OP(=O)(O)OP(=O)(O)OP(=O)(O)O)[C@H]1O[C@@H](n2cc(F)c(=O)[nH]c2=O)C(F)(C#CCl)[C@H]1O. The Labute approximate surface area is 191 Å².